The summed E-state index contributed by atoms with van der Waals surface area (Å²) in [6.45, 7) is 0.953. The maximum absolute atomic E-state index is 5.11. The van der Waals surface area contributed by atoms with Crippen molar-refractivity contribution in [3.63, 3.8) is 0 Å². The largest absolute Gasteiger partial charge is 0.339 e. The number of aryl methyl sites for hydroxylation is 1. The van der Waals surface area contributed by atoms with Gasteiger partial charge in [-0.15, -0.1) is 11.3 Å². The second kappa shape index (κ2) is 4.99. The van der Waals surface area contributed by atoms with Crippen LogP contribution < -0.4 is 5.32 Å². The highest BCUT2D eigenvalue weighted by Gasteiger charge is 2.09. The molecule has 2 aromatic heterocycles. The zero-order valence-corrected chi connectivity index (χ0v) is 9.25. The lowest BCUT2D eigenvalue weighted by molar-refractivity contribution is 0.375. The van der Waals surface area contributed by atoms with Crippen molar-refractivity contribution >= 4 is 11.3 Å². The van der Waals surface area contributed by atoms with Crippen LogP contribution >= 0.6 is 11.3 Å². The summed E-state index contributed by atoms with van der Waals surface area (Å²) in [5, 5.41) is 8.85. The van der Waals surface area contributed by atoms with Gasteiger partial charge in [0.1, 0.15) is 5.69 Å². The van der Waals surface area contributed by atoms with Crippen LogP contribution in [0.4, 0.5) is 0 Å². The molecular formula is C9H12N4OS. The van der Waals surface area contributed by atoms with E-state index in [4.69, 9.17) is 4.52 Å². The topological polar surface area (TPSA) is 63.8 Å². The summed E-state index contributed by atoms with van der Waals surface area (Å²) in [6, 6.07) is 0. The van der Waals surface area contributed by atoms with E-state index in [0.717, 1.165) is 25.1 Å². The average molecular weight is 224 g/mol. The van der Waals surface area contributed by atoms with Crippen molar-refractivity contribution in [2.75, 3.05) is 13.6 Å². The number of nitrogens with zero attached hydrogens (tertiary/aromatic N) is 3. The van der Waals surface area contributed by atoms with E-state index in [1.807, 2.05) is 12.4 Å². The van der Waals surface area contributed by atoms with Crippen LogP contribution in [0, 0.1) is 0 Å². The molecule has 2 aromatic rings. The Morgan fingerprint density at radius 1 is 1.53 bits per heavy atom. The van der Waals surface area contributed by atoms with E-state index in [1.165, 1.54) is 11.3 Å². The van der Waals surface area contributed by atoms with E-state index < -0.39 is 0 Å². The summed E-state index contributed by atoms with van der Waals surface area (Å²) in [6.07, 6.45) is 1.80. The number of rotatable bonds is 5. The second-order valence-corrected chi connectivity index (χ2v) is 3.81. The lowest BCUT2D eigenvalue weighted by atomic mass is 10.3. The summed E-state index contributed by atoms with van der Waals surface area (Å²) in [5.74, 6) is 1.25. The molecule has 0 unspecified atom stereocenters. The van der Waals surface area contributed by atoms with Crippen molar-refractivity contribution in [2.24, 2.45) is 0 Å². The third-order valence-corrected chi connectivity index (χ3v) is 2.53. The first-order valence-electron chi connectivity index (χ1n) is 4.76. The van der Waals surface area contributed by atoms with Gasteiger partial charge in [0.25, 0.3) is 0 Å². The maximum Gasteiger partial charge on any atom is 0.227 e. The summed E-state index contributed by atoms with van der Waals surface area (Å²) in [5.41, 5.74) is 2.54. The number of hydrogen-bond acceptors (Lipinski definition) is 6. The van der Waals surface area contributed by atoms with Crippen molar-refractivity contribution in [3.8, 4) is 11.5 Å². The van der Waals surface area contributed by atoms with E-state index in [-0.39, 0.29) is 0 Å². The zero-order chi connectivity index (χ0) is 10.5. The standard InChI is InChI=1S/C9H12N4OS/c1-10-4-2-3-8-12-9(13-14-8)7-5-15-6-11-7/h5-6,10H,2-4H2,1H3. The monoisotopic (exact) mass is 224 g/mol. The first-order chi connectivity index (χ1) is 7.40. The molecule has 0 aliphatic rings. The van der Waals surface area contributed by atoms with Crippen LogP contribution in [0.15, 0.2) is 15.4 Å². The van der Waals surface area contributed by atoms with Crippen molar-refractivity contribution in [2.45, 2.75) is 12.8 Å². The normalized spacial score (nSPS) is 10.7. The van der Waals surface area contributed by atoms with Gasteiger partial charge in [0, 0.05) is 11.8 Å². The van der Waals surface area contributed by atoms with Gasteiger partial charge < -0.3 is 9.84 Å². The molecule has 0 atom stereocenters. The number of hydrogen-bond donors (Lipinski definition) is 1. The summed E-state index contributed by atoms with van der Waals surface area (Å²) < 4.78 is 5.11. The van der Waals surface area contributed by atoms with Crippen LogP contribution in [0.2, 0.25) is 0 Å². The average Bonchev–Trinajstić information content (AvgIpc) is 2.87. The highest BCUT2D eigenvalue weighted by molar-refractivity contribution is 7.07. The van der Waals surface area contributed by atoms with E-state index >= 15 is 0 Å². The lowest BCUT2D eigenvalue weighted by Gasteiger charge is -1.93. The first kappa shape index (κ1) is 10.3. The first-order valence-corrected chi connectivity index (χ1v) is 5.70. The number of thiazole rings is 1. The van der Waals surface area contributed by atoms with Gasteiger partial charge in [0.15, 0.2) is 0 Å². The molecule has 2 rings (SSSR count). The van der Waals surface area contributed by atoms with Gasteiger partial charge in [-0.1, -0.05) is 5.16 Å². The molecule has 0 radical (unpaired) electrons. The SMILES string of the molecule is CNCCCc1nc(-c2cscn2)no1. The summed E-state index contributed by atoms with van der Waals surface area (Å²) >= 11 is 1.52. The summed E-state index contributed by atoms with van der Waals surface area (Å²) in [4.78, 5) is 8.38. The van der Waals surface area contributed by atoms with Crippen molar-refractivity contribution in [3.05, 3.63) is 16.8 Å². The summed E-state index contributed by atoms with van der Waals surface area (Å²) in [7, 11) is 1.93. The lowest BCUT2D eigenvalue weighted by Crippen LogP contribution is -2.08. The van der Waals surface area contributed by atoms with Gasteiger partial charge >= 0.3 is 0 Å². The quantitative estimate of drug-likeness (QED) is 0.776. The highest BCUT2D eigenvalue weighted by Crippen LogP contribution is 2.15. The predicted molar refractivity (Wildman–Crippen MR) is 57.7 cm³/mol. The third kappa shape index (κ3) is 2.60. The molecule has 80 valence electrons. The van der Waals surface area contributed by atoms with Gasteiger partial charge in [-0.05, 0) is 20.0 Å². The molecule has 1 N–H and O–H groups in total. The smallest absolute Gasteiger partial charge is 0.227 e. The van der Waals surface area contributed by atoms with Gasteiger partial charge in [0.2, 0.25) is 11.7 Å². The predicted octanol–water partition coefficient (Wildman–Crippen LogP) is 1.35. The minimum absolute atomic E-state index is 0.579. The molecule has 0 aliphatic carbocycles. The molecule has 0 spiro atoms. The van der Waals surface area contributed by atoms with Crippen LogP contribution in [0.1, 0.15) is 12.3 Å². The van der Waals surface area contributed by atoms with Crippen molar-refractivity contribution in [1.82, 2.24) is 20.4 Å². The van der Waals surface area contributed by atoms with E-state index in [9.17, 15) is 0 Å². The fourth-order valence-electron chi connectivity index (χ4n) is 1.20. The minimum Gasteiger partial charge on any atom is -0.339 e. The van der Waals surface area contributed by atoms with Crippen LogP contribution in [-0.4, -0.2) is 28.7 Å². The Morgan fingerprint density at radius 2 is 2.47 bits per heavy atom. The Hall–Kier alpha value is -1.27. The molecule has 0 saturated heterocycles. The third-order valence-electron chi connectivity index (χ3n) is 1.95. The molecule has 15 heavy (non-hydrogen) atoms. The molecular weight excluding hydrogens is 212 g/mol. The van der Waals surface area contributed by atoms with Gasteiger partial charge in [-0.25, -0.2) is 4.98 Å². The number of aromatic nitrogens is 3. The van der Waals surface area contributed by atoms with Crippen molar-refractivity contribution in [1.29, 1.82) is 0 Å². The molecule has 0 saturated carbocycles. The van der Waals surface area contributed by atoms with Crippen LogP contribution in [0.5, 0.6) is 0 Å². The fourth-order valence-corrected chi connectivity index (χ4v) is 1.73. The van der Waals surface area contributed by atoms with Gasteiger partial charge in [0.05, 0.1) is 5.51 Å². The van der Waals surface area contributed by atoms with Crippen molar-refractivity contribution < 1.29 is 4.52 Å². The molecule has 0 aliphatic heterocycles. The Kier molecular flexibility index (Phi) is 3.41. The maximum atomic E-state index is 5.11. The fraction of sp³-hybridized carbons (Fsp3) is 0.444. The molecule has 2 heterocycles. The number of nitrogens with one attached hydrogen (secondary N) is 1. The molecule has 6 heteroatoms. The van der Waals surface area contributed by atoms with E-state index in [1.54, 1.807) is 5.51 Å². The molecule has 0 bridgehead atoms. The van der Waals surface area contributed by atoms with Gasteiger partial charge in [-0.2, -0.15) is 4.98 Å². The van der Waals surface area contributed by atoms with Crippen LogP contribution in [0.25, 0.3) is 11.5 Å². The van der Waals surface area contributed by atoms with E-state index in [0.29, 0.717) is 11.7 Å². The Bertz CT molecular complexity index is 398. The zero-order valence-electron chi connectivity index (χ0n) is 8.43. The second-order valence-electron chi connectivity index (χ2n) is 3.09. The molecule has 5 nitrogen and oxygen atoms in total. The van der Waals surface area contributed by atoms with Crippen LogP contribution in [-0.2, 0) is 6.42 Å². The molecule has 0 aromatic carbocycles. The Balaban J connectivity index is 1.98. The minimum atomic E-state index is 0.579. The molecule has 0 amide bonds. The highest BCUT2D eigenvalue weighted by atomic mass is 32.1. The Labute approximate surface area is 91.5 Å². The van der Waals surface area contributed by atoms with Crippen LogP contribution in [0.3, 0.4) is 0 Å². The van der Waals surface area contributed by atoms with Gasteiger partial charge in [-0.3, -0.25) is 0 Å². The Morgan fingerprint density at radius 3 is 3.20 bits per heavy atom. The molecule has 0 fully saturated rings. The van der Waals surface area contributed by atoms with E-state index in [2.05, 4.69) is 20.4 Å².